The van der Waals surface area contributed by atoms with E-state index in [2.05, 4.69) is 19.6 Å². The van der Waals surface area contributed by atoms with Gasteiger partial charge >= 0.3 is 11.9 Å². The van der Waals surface area contributed by atoms with Crippen molar-refractivity contribution in [2.45, 2.75) is 113 Å². The summed E-state index contributed by atoms with van der Waals surface area (Å²) in [5.41, 5.74) is -1.77. The van der Waals surface area contributed by atoms with Gasteiger partial charge < -0.3 is 49.5 Å². The van der Waals surface area contributed by atoms with Crippen molar-refractivity contribution in [3.63, 3.8) is 0 Å². The lowest BCUT2D eigenvalue weighted by Crippen LogP contribution is -2.78. The van der Waals surface area contributed by atoms with E-state index in [9.17, 15) is 35.1 Å². The van der Waals surface area contributed by atoms with Crippen LogP contribution in [0.5, 0.6) is 0 Å². The van der Waals surface area contributed by atoms with Gasteiger partial charge in [-0.05, 0) is 61.2 Å². The standard InChI is InChI=1S/C36H48NO11/c1-4-21-23(17-30(40)41)22(32(42)45-3)11-12-27(21)46-34-35(44)14-13-25-24-16-26(19(2)20-8-5-6-9-20)37-31(24)28(10-7-15-38)48-36(25,33(35)43)29(18-39)47-34/h4,11,16,19-21,23,27,29,33-34,38-39,43-44H,1,5-10,12-15,17-18H2,2-3H3,(H,40,41)/q-1. The van der Waals surface area contributed by atoms with Crippen LogP contribution in [0.25, 0.3) is 11.3 Å². The zero-order chi connectivity index (χ0) is 34.4. The summed E-state index contributed by atoms with van der Waals surface area (Å²) in [4.78, 5) is 29.4. The fourth-order valence-electron chi connectivity index (χ4n) is 8.94. The average Bonchev–Trinajstić information content (AvgIpc) is 3.77. The molecule has 3 aliphatic carbocycles. The third kappa shape index (κ3) is 5.64. The van der Waals surface area contributed by atoms with Gasteiger partial charge in [0.2, 0.25) is 0 Å². The summed E-state index contributed by atoms with van der Waals surface area (Å²) in [6, 6.07) is 2.06. The average molecular weight is 671 g/mol. The molecule has 0 radical (unpaired) electrons. The van der Waals surface area contributed by atoms with Crippen molar-refractivity contribution in [2.24, 2.45) is 17.8 Å². The molecular formula is C36H48NO11-. The van der Waals surface area contributed by atoms with Crippen molar-refractivity contribution in [1.82, 2.24) is 4.98 Å². The van der Waals surface area contributed by atoms with Crippen LogP contribution in [-0.2, 0) is 28.5 Å². The second kappa shape index (κ2) is 13.7. The van der Waals surface area contributed by atoms with E-state index >= 15 is 0 Å². The maximum absolute atomic E-state index is 12.5. The number of carboxylic acids is 1. The lowest BCUT2D eigenvalue weighted by molar-refractivity contribution is -0.372. The number of aliphatic hydroxyl groups is 4. The SMILES string of the molecule is C=CC1C(OC2OC(CO)C34OC(CCCO)=c5[n-]c(C(C)C6CCCC6)cc5=C3CCC2(O)C4O)CC=C(C(=O)OC)C1CC(=O)O. The molecule has 0 aromatic carbocycles. The highest BCUT2D eigenvalue weighted by molar-refractivity contribution is 5.90. The Hall–Kier alpha value is -3.00. The normalized spacial score (nSPS) is 35.2. The molecule has 264 valence electrons. The fraction of sp³-hybridized carbons (Fsp3) is 0.667. The molecule has 2 saturated carbocycles. The Kier molecular flexibility index (Phi) is 9.96. The second-order valence-corrected chi connectivity index (χ2v) is 14.0. The van der Waals surface area contributed by atoms with Crippen LogP contribution in [0.2, 0.25) is 0 Å². The van der Waals surface area contributed by atoms with Crippen molar-refractivity contribution >= 4 is 23.3 Å². The van der Waals surface area contributed by atoms with Gasteiger partial charge in [0.15, 0.2) is 11.9 Å². The number of methoxy groups -OCH3 is 1. The molecule has 9 atom stereocenters. The number of carbonyl (C=O) groups excluding carboxylic acids is 1. The van der Waals surface area contributed by atoms with Crippen molar-refractivity contribution in [2.75, 3.05) is 20.3 Å². The van der Waals surface area contributed by atoms with Gasteiger partial charge in [-0.15, -0.1) is 6.58 Å². The van der Waals surface area contributed by atoms with E-state index < -0.39 is 66.2 Å². The van der Waals surface area contributed by atoms with E-state index in [1.165, 1.54) is 26.0 Å². The number of aliphatic hydroxyl groups excluding tert-OH is 3. The minimum atomic E-state index is -1.98. The second-order valence-electron chi connectivity index (χ2n) is 14.0. The maximum atomic E-state index is 12.5. The quantitative estimate of drug-likeness (QED) is 0.158. The molecule has 12 nitrogen and oxygen atoms in total. The smallest absolute Gasteiger partial charge is 0.333 e. The number of aromatic nitrogens is 1. The van der Waals surface area contributed by atoms with Crippen LogP contribution >= 0.6 is 0 Å². The Morgan fingerprint density at radius 3 is 2.65 bits per heavy atom. The van der Waals surface area contributed by atoms with E-state index in [4.69, 9.17) is 23.9 Å². The molecule has 5 aliphatic rings. The first-order valence-corrected chi connectivity index (χ1v) is 17.2. The Labute approximate surface area is 279 Å². The third-order valence-corrected chi connectivity index (χ3v) is 11.5. The number of carbonyl (C=O) groups is 2. The first-order chi connectivity index (χ1) is 23.0. The number of carboxylic acid groups (broad SMARTS) is 1. The molecule has 1 spiro atoms. The van der Waals surface area contributed by atoms with Crippen LogP contribution in [-0.4, -0.2) is 93.6 Å². The van der Waals surface area contributed by atoms with Gasteiger partial charge in [-0.2, -0.15) is 5.69 Å². The zero-order valence-electron chi connectivity index (χ0n) is 27.7. The lowest BCUT2D eigenvalue weighted by Gasteiger charge is -2.60. The van der Waals surface area contributed by atoms with E-state index in [1.54, 1.807) is 6.08 Å². The number of ether oxygens (including phenoxy) is 4. The largest absolute Gasteiger partial charge is 0.658 e. The molecule has 5 N–H and O–H groups in total. The minimum absolute atomic E-state index is 0.0504. The molecule has 2 bridgehead atoms. The van der Waals surface area contributed by atoms with Gasteiger partial charge in [0, 0.05) is 30.4 Å². The van der Waals surface area contributed by atoms with E-state index in [1.807, 2.05) is 0 Å². The first kappa shape index (κ1) is 34.8. The molecule has 3 heterocycles. The van der Waals surface area contributed by atoms with Crippen LogP contribution in [0.1, 0.15) is 82.7 Å². The number of nitrogens with zero attached hydrogens (tertiary/aromatic N) is 1. The van der Waals surface area contributed by atoms with Crippen molar-refractivity contribution < 1.29 is 54.1 Å². The molecule has 0 amide bonds. The Bertz CT molecular complexity index is 1560. The number of esters is 1. The Morgan fingerprint density at radius 2 is 2.00 bits per heavy atom. The Balaban J connectivity index is 1.37. The molecule has 1 saturated heterocycles. The third-order valence-electron chi connectivity index (χ3n) is 11.5. The number of hydrogen-bond donors (Lipinski definition) is 5. The summed E-state index contributed by atoms with van der Waals surface area (Å²) in [5.74, 6) is -2.02. The van der Waals surface area contributed by atoms with Gasteiger partial charge in [0.25, 0.3) is 0 Å². The summed E-state index contributed by atoms with van der Waals surface area (Å²) in [6.07, 6.45) is 3.71. The summed E-state index contributed by atoms with van der Waals surface area (Å²) < 4.78 is 24.4. The van der Waals surface area contributed by atoms with Crippen LogP contribution in [0, 0.1) is 17.8 Å². The number of fused-ring (bicyclic) bond motifs is 2. The predicted octanol–water partition coefficient (Wildman–Crippen LogP) is 1.12. The molecule has 3 fully saturated rings. The van der Waals surface area contributed by atoms with E-state index in [-0.39, 0.29) is 37.4 Å². The summed E-state index contributed by atoms with van der Waals surface area (Å²) in [6.45, 7) is 5.43. The molecule has 6 rings (SSSR count). The monoisotopic (exact) mass is 670 g/mol. The van der Waals surface area contributed by atoms with Crippen LogP contribution in [0.15, 0.2) is 30.4 Å². The highest BCUT2D eigenvalue weighted by Crippen LogP contribution is 2.54. The molecule has 1 aromatic heterocycles. The molecule has 12 heteroatoms. The first-order valence-electron chi connectivity index (χ1n) is 17.2. The van der Waals surface area contributed by atoms with Gasteiger partial charge in [0.05, 0.1) is 32.0 Å². The minimum Gasteiger partial charge on any atom is -0.658 e. The van der Waals surface area contributed by atoms with Gasteiger partial charge in [-0.25, -0.2) is 4.79 Å². The summed E-state index contributed by atoms with van der Waals surface area (Å²) in [5, 5.41) is 56.1. The van der Waals surface area contributed by atoms with E-state index in [0.29, 0.717) is 41.9 Å². The highest BCUT2D eigenvalue weighted by Gasteiger charge is 2.69. The van der Waals surface area contributed by atoms with Gasteiger partial charge in [-0.1, -0.05) is 43.3 Å². The Morgan fingerprint density at radius 1 is 1.25 bits per heavy atom. The topological polar surface area (TPSA) is 186 Å². The van der Waals surface area contributed by atoms with E-state index in [0.717, 1.165) is 23.8 Å². The van der Waals surface area contributed by atoms with Gasteiger partial charge in [-0.3, -0.25) is 4.79 Å². The maximum Gasteiger partial charge on any atom is 0.333 e. The highest BCUT2D eigenvalue weighted by atomic mass is 16.7. The molecule has 2 aliphatic heterocycles. The van der Waals surface area contributed by atoms with Crippen LogP contribution in [0.3, 0.4) is 0 Å². The molecule has 48 heavy (non-hydrogen) atoms. The number of aliphatic carboxylic acids is 1. The zero-order valence-corrected chi connectivity index (χ0v) is 27.7. The number of hydrogen-bond acceptors (Lipinski definition) is 10. The van der Waals surface area contributed by atoms with Gasteiger partial charge in [0.1, 0.15) is 17.8 Å². The summed E-state index contributed by atoms with van der Waals surface area (Å²) >= 11 is 0. The molecule has 1 aromatic rings. The molecular weight excluding hydrogens is 622 g/mol. The fourth-order valence-corrected chi connectivity index (χ4v) is 8.94. The number of rotatable bonds is 12. The van der Waals surface area contributed by atoms with Crippen LogP contribution in [0.4, 0.5) is 0 Å². The van der Waals surface area contributed by atoms with Crippen molar-refractivity contribution in [1.29, 1.82) is 0 Å². The lowest BCUT2D eigenvalue weighted by atomic mass is 9.63. The summed E-state index contributed by atoms with van der Waals surface area (Å²) in [7, 11) is 1.23. The van der Waals surface area contributed by atoms with Crippen LogP contribution < -0.4 is 15.6 Å². The van der Waals surface area contributed by atoms with Crippen molar-refractivity contribution in [3.05, 3.63) is 46.6 Å². The predicted molar refractivity (Wildman–Crippen MR) is 171 cm³/mol. The van der Waals surface area contributed by atoms with Crippen molar-refractivity contribution in [3.8, 4) is 0 Å². The molecule has 9 unspecified atom stereocenters.